The maximum Gasteiger partial charge on any atom is 0.0184 e. The zero-order valence-corrected chi connectivity index (χ0v) is 13.1. The molecule has 0 aliphatic carbocycles. The van der Waals surface area contributed by atoms with Crippen LogP contribution in [0.2, 0.25) is 0 Å². The summed E-state index contributed by atoms with van der Waals surface area (Å²) in [5, 5.41) is 0.772. The highest BCUT2D eigenvalue weighted by Gasteiger charge is 2.30. The van der Waals surface area contributed by atoms with E-state index < -0.39 is 0 Å². The van der Waals surface area contributed by atoms with Crippen LogP contribution in [0.1, 0.15) is 34.6 Å². The number of nitrogens with zero attached hydrogens (tertiary/aromatic N) is 1. The van der Waals surface area contributed by atoms with Gasteiger partial charge < -0.3 is 0 Å². The molecule has 0 aromatic rings. The first-order chi connectivity index (χ1) is 7.36. The van der Waals surface area contributed by atoms with E-state index in [2.05, 4.69) is 63.9 Å². The zero-order chi connectivity index (χ0) is 12.3. The molecule has 3 atom stereocenters. The molecule has 1 aliphatic heterocycles. The van der Waals surface area contributed by atoms with Gasteiger partial charge in [-0.3, -0.25) is 4.90 Å². The van der Waals surface area contributed by atoms with Gasteiger partial charge in [0.1, 0.15) is 0 Å². The average molecular weight is 262 g/mol. The summed E-state index contributed by atoms with van der Waals surface area (Å²) in [5.74, 6) is 2.97. The van der Waals surface area contributed by atoms with Crippen molar-refractivity contribution in [2.75, 3.05) is 24.6 Å². The van der Waals surface area contributed by atoms with Gasteiger partial charge in [-0.05, 0) is 24.0 Å². The first-order valence-electron chi connectivity index (χ1n) is 6.32. The molecule has 0 radical (unpaired) electrons. The summed E-state index contributed by atoms with van der Waals surface area (Å²) in [6.07, 6.45) is 0. The molecule has 96 valence electrons. The minimum atomic E-state index is 0.370. The summed E-state index contributed by atoms with van der Waals surface area (Å²) < 4.78 is 0. The Balaban J connectivity index is 2.57. The lowest BCUT2D eigenvalue weighted by Gasteiger charge is -2.42. The molecular weight excluding hydrogens is 234 g/mol. The number of hydrogen-bond donors (Lipinski definition) is 1. The lowest BCUT2D eigenvalue weighted by molar-refractivity contribution is 0.134. The molecular formula is C13H27NS2. The lowest BCUT2D eigenvalue weighted by atomic mass is 9.81. The van der Waals surface area contributed by atoms with Crippen LogP contribution >= 0.6 is 24.4 Å². The molecule has 1 rings (SSSR count). The summed E-state index contributed by atoms with van der Waals surface area (Å²) in [7, 11) is 0. The highest BCUT2D eigenvalue weighted by atomic mass is 32.2. The number of rotatable bonds is 3. The van der Waals surface area contributed by atoms with Gasteiger partial charge in [-0.25, -0.2) is 0 Å². The minimum absolute atomic E-state index is 0.370. The van der Waals surface area contributed by atoms with Crippen molar-refractivity contribution in [2.24, 2.45) is 11.3 Å². The first-order valence-corrected chi connectivity index (χ1v) is 8.01. The largest absolute Gasteiger partial charge is 0.298 e. The highest BCUT2D eigenvalue weighted by molar-refractivity contribution is 8.00. The van der Waals surface area contributed by atoms with Crippen LogP contribution in [0.3, 0.4) is 0 Å². The van der Waals surface area contributed by atoms with Crippen molar-refractivity contribution in [2.45, 2.75) is 45.9 Å². The maximum absolute atomic E-state index is 4.53. The van der Waals surface area contributed by atoms with E-state index in [1.54, 1.807) is 0 Å². The Morgan fingerprint density at radius 2 is 2.00 bits per heavy atom. The third kappa shape index (κ3) is 3.85. The number of thiol groups is 1. The summed E-state index contributed by atoms with van der Waals surface area (Å²) in [4.78, 5) is 2.66. The van der Waals surface area contributed by atoms with E-state index in [0.717, 1.165) is 11.0 Å². The zero-order valence-electron chi connectivity index (χ0n) is 11.4. The van der Waals surface area contributed by atoms with Gasteiger partial charge in [0.05, 0.1) is 0 Å². The van der Waals surface area contributed by atoms with Crippen LogP contribution in [0.15, 0.2) is 0 Å². The Bertz CT molecular complexity index is 212. The predicted molar refractivity (Wildman–Crippen MR) is 79.8 cm³/mol. The average Bonchev–Trinajstić information content (AvgIpc) is 2.18. The van der Waals surface area contributed by atoms with Crippen molar-refractivity contribution in [1.29, 1.82) is 0 Å². The van der Waals surface area contributed by atoms with E-state index in [0.29, 0.717) is 17.4 Å². The molecule has 0 aromatic heterocycles. The van der Waals surface area contributed by atoms with E-state index in [-0.39, 0.29) is 0 Å². The lowest BCUT2D eigenvalue weighted by Crippen LogP contribution is -2.48. The minimum Gasteiger partial charge on any atom is -0.298 e. The quantitative estimate of drug-likeness (QED) is 0.776. The molecule has 0 spiro atoms. The molecule has 0 bridgehead atoms. The van der Waals surface area contributed by atoms with Crippen molar-refractivity contribution in [3.8, 4) is 0 Å². The molecule has 16 heavy (non-hydrogen) atoms. The molecule has 1 nitrogen and oxygen atoms in total. The molecule has 3 heteroatoms. The normalized spacial score (nSPS) is 30.4. The second kappa shape index (κ2) is 6.01. The van der Waals surface area contributed by atoms with Crippen molar-refractivity contribution < 1.29 is 0 Å². The van der Waals surface area contributed by atoms with Crippen LogP contribution in [0.5, 0.6) is 0 Å². The highest BCUT2D eigenvalue weighted by Crippen LogP contribution is 2.31. The fourth-order valence-corrected chi connectivity index (χ4v) is 3.97. The molecule has 1 aliphatic rings. The summed E-state index contributed by atoms with van der Waals surface area (Å²) in [6.45, 7) is 14.2. The molecule has 0 N–H and O–H groups in total. The predicted octanol–water partition coefficient (Wildman–Crippen LogP) is 3.40. The molecule has 1 heterocycles. The van der Waals surface area contributed by atoms with Gasteiger partial charge in [0.25, 0.3) is 0 Å². The van der Waals surface area contributed by atoms with Crippen LogP contribution in [0.4, 0.5) is 0 Å². The smallest absolute Gasteiger partial charge is 0.0184 e. The van der Waals surface area contributed by atoms with Gasteiger partial charge in [-0.2, -0.15) is 24.4 Å². The van der Waals surface area contributed by atoms with E-state index >= 15 is 0 Å². The molecule has 0 amide bonds. The molecule has 0 aromatic carbocycles. The fourth-order valence-electron chi connectivity index (χ4n) is 2.14. The third-order valence-corrected chi connectivity index (χ3v) is 5.69. The van der Waals surface area contributed by atoms with Crippen LogP contribution in [0.25, 0.3) is 0 Å². The maximum atomic E-state index is 4.53. The van der Waals surface area contributed by atoms with Crippen LogP contribution in [-0.2, 0) is 0 Å². The Labute approximate surface area is 111 Å². The summed E-state index contributed by atoms with van der Waals surface area (Å²) in [5.41, 5.74) is 0.370. The Kier molecular flexibility index (Phi) is 5.53. The molecule has 3 unspecified atom stereocenters. The Morgan fingerprint density at radius 1 is 1.38 bits per heavy atom. The van der Waals surface area contributed by atoms with Crippen LogP contribution in [-0.4, -0.2) is 40.8 Å². The summed E-state index contributed by atoms with van der Waals surface area (Å²) >= 11 is 6.64. The Hall–Kier alpha value is 0.660. The topological polar surface area (TPSA) is 3.24 Å². The molecule has 1 fully saturated rings. The monoisotopic (exact) mass is 261 g/mol. The summed E-state index contributed by atoms with van der Waals surface area (Å²) in [6, 6.07) is 0.712. The van der Waals surface area contributed by atoms with Crippen molar-refractivity contribution in [1.82, 2.24) is 4.90 Å². The third-order valence-electron chi connectivity index (χ3n) is 3.91. The number of hydrogen-bond acceptors (Lipinski definition) is 3. The van der Waals surface area contributed by atoms with E-state index in [4.69, 9.17) is 0 Å². The number of thioether (sulfide) groups is 1. The second-order valence-electron chi connectivity index (χ2n) is 6.06. The van der Waals surface area contributed by atoms with Crippen molar-refractivity contribution in [3.63, 3.8) is 0 Å². The van der Waals surface area contributed by atoms with E-state index in [1.165, 1.54) is 18.8 Å². The SMILES string of the molecule is CC1SCCN(CC(CS)C(C)(C)C)C1C. The van der Waals surface area contributed by atoms with Gasteiger partial charge in [-0.1, -0.05) is 27.7 Å². The standard InChI is InChI=1S/C13H27NS2/c1-10-11(2)16-7-6-14(10)8-12(9-15)13(3,4)5/h10-12,15H,6-9H2,1-5H3. The van der Waals surface area contributed by atoms with Crippen LogP contribution < -0.4 is 0 Å². The molecule has 1 saturated heterocycles. The second-order valence-corrected chi connectivity index (χ2v) is 7.91. The van der Waals surface area contributed by atoms with Gasteiger partial charge >= 0.3 is 0 Å². The van der Waals surface area contributed by atoms with Gasteiger partial charge in [0.15, 0.2) is 0 Å². The van der Waals surface area contributed by atoms with Crippen molar-refractivity contribution >= 4 is 24.4 Å². The van der Waals surface area contributed by atoms with Gasteiger partial charge in [0.2, 0.25) is 0 Å². The van der Waals surface area contributed by atoms with E-state index in [1.807, 2.05) is 0 Å². The van der Waals surface area contributed by atoms with Crippen LogP contribution in [0, 0.1) is 11.3 Å². The van der Waals surface area contributed by atoms with Gasteiger partial charge in [0, 0.05) is 30.1 Å². The Morgan fingerprint density at radius 3 is 2.50 bits per heavy atom. The van der Waals surface area contributed by atoms with Gasteiger partial charge in [-0.15, -0.1) is 0 Å². The first kappa shape index (κ1) is 14.7. The van der Waals surface area contributed by atoms with Crippen molar-refractivity contribution in [3.05, 3.63) is 0 Å². The fraction of sp³-hybridized carbons (Fsp3) is 1.00. The molecule has 0 saturated carbocycles. The van der Waals surface area contributed by atoms with E-state index in [9.17, 15) is 0 Å².